The predicted octanol–water partition coefficient (Wildman–Crippen LogP) is 5.70. The Morgan fingerprint density at radius 3 is 2.54 bits per heavy atom. The van der Waals surface area contributed by atoms with Crippen LogP contribution < -0.4 is 4.74 Å². The zero-order valence-corrected chi connectivity index (χ0v) is 13.8. The summed E-state index contributed by atoms with van der Waals surface area (Å²) in [6, 6.07) is 5.64. The number of fused-ring (bicyclic) bond motifs is 1. The second kappa shape index (κ2) is 6.64. The van der Waals surface area contributed by atoms with Crippen LogP contribution >= 0.6 is 11.6 Å². The van der Waals surface area contributed by atoms with Gasteiger partial charge >= 0.3 is 12.1 Å². The van der Waals surface area contributed by atoms with Crippen LogP contribution in [0.2, 0.25) is 5.02 Å². The zero-order valence-electron chi connectivity index (χ0n) is 13.0. The number of hydrogen-bond donors (Lipinski definition) is 1. The summed E-state index contributed by atoms with van der Waals surface area (Å²) < 4.78 is 57.4. The van der Waals surface area contributed by atoms with Crippen molar-refractivity contribution in [2.24, 2.45) is 0 Å². The highest BCUT2D eigenvalue weighted by atomic mass is 35.5. The molecule has 1 aliphatic rings. The number of carboxylic acid groups (broad SMARTS) is 1. The van der Waals surface area contributed by atoms with E-state index in [0.29, 0.717) is 36.1 Å². The highest BCUT2D eigenvalue weighted by Gasteiger charge is 2.32. The molecule has 0 radical (unpaired) electrons. The minimum absolute atomic E-state index is 0.141. The number of hydrogen-bond acceptors (Lipinski definition) is 2. The third-order valence-electron chi connectivity index (χ3n) is 3.93. The first-order valence-corrected chi connectivity index (χ1v) is 7.84. The molecule has 1 N–H and O–H groups in total. The molecule has 0 unspecified atom stereocenters. The third kappa shape index (κ3) is 3.67. The van der Waals surface area contributed by atoms with E-state index in [1.165, 1.54) is 12.1 Å². The van der Waals surface area contributed by atoms with E-state index >= 15 is 0 Å². The molecular weight excluding hydrogens is 376 g/mol. The Morgan fingerprint density at radius 1 is 1.19 bits per heavy atom. The maximum atomic E-state index is 14.1. The summed E-state index contributed by atoms with van der Waals surface area (Å²) in [6.45, 7) is 0. The van der Waals surface area contributed by atoms with Gasteiger partial charge in [0.15, 0.2) is 11.6 Å². The van der Waals surface area contributed by atoms with Gasteiger partial charge in [-0.25, -0.2) is 9.18 Å². The van der Waals surface area contributed by atoms with Crippen LogP contribution in [0.4, 0.5) is 17.6 Å². The molecule has 0 atom stereocenters. The SMILES string of the molecule is O=C(O)/C=C1\CCc2ccc(Oc3c(F)cc(C(F)(F)F)cc3Cl)cc21. The van der Waals surface area contributed by atoms with Gasteiger partial charge in [-0.1, -0.05) is 17.7 Å². The van der Waals surface area contributed by atoms with Crippen molar-refractivity contribution in [2.45, 2.75) is 19.0 Å². The molecule has 0 saturated heterocycles. The molecule has 8 heteroatoms. The lowest BCUT2D eigenvalue weighted by Crippen LogP contribution is -2.06. The number of rotatable bonds is 3. The predicted molar refractivity (Wildman–Crippen MR) is 86.9 cm³/mol. The Kier molecular flexibility index (Phi) is 4.66. The first-order valence-electron chi connectivity index (χ1n) is 7.46. The van der Waals surface area contributed by atoms with Gasteiger partial charge in [0.1, 0.15) is 5.75 Å². The smallest absolute Gasteiger partial charge is 0.416 e. The average Bonchev–Trinajstić information content (AvgIpc) is 2.91. The summed E-state index contributed by atoms with van der Waals surface area (Å²) >= 11 is 5.75. The molecule has 0 saturated carbocycles. The normalized spacial score (nSPS) is 15.2. The monoisotopic (exact) mass is 386 g/mol. The van der Waals surface area contributed by atoms with E-state index in [1.54, 1.807) is 6.07 Å². The molecule has 3 rings (SSSR count). The van der Waals surface area contributed by atoms with Gasteiger partial charge in [-0.3, -0.25) is 0 Å². The summed E-state index contributed by atoms with van der Waals surface area (Å²) in [5.41, 5.74) is 0.932. The Hall–Kier alpha value is -2.54. The van der Waals surface area contributed by atoms with Gasteiger partial charge in [0, 0.05) is 6.08 Å². The van der Waals surface area contributed by atoms with Crippen molar-refractivity contribution >= 4 is 23.1 Å². The summed E-state index contributed by atoms with van der Waals surface area (Å²) in [6.07, 6.45) is -2.45. The van der Waals surface area contributed by atoms with Crippen LogP contribution in [0, 0.1) is 5.82 Å². The maximum Gasteiger partial charge on any atom is 0.416 e. The molecule has 0 heterocycles. The Bertz CT molecular complexity index is 896. The highest BCUT2D eigenvalue weighted by Crippen LogP contribution is 2.40. The van der Waals surface area contributed by atoms with Crippen molar-refractivity contribution in [1.29, 1.82) is 0 Å². The third-order valence-corrected chi connectivity index (χ3v) is 4.21. The molecular formula is C18H11ClF4O3. The first-order chi connectivity index (χ1) is 12.1. The van der Waals surface area contributed by atoms with Crippen molar-refractivity contribution < 1.29 is 32.2 Å². The summed E-state index contributed by atoms with van der Waals surface area (Å²) in [4.78, 5) is 10.9. The van der Waals surface area contributed by atoms with E-state index in [1.807, 2.05) is 0 Å². The second-order valence-electron chi connectivity index (χ2n) is 5.70. The number of carbonyl (C=O) groups is 1. The number of carboxylic acids is 1. The van der Waals surface area contributed by atoms with Gasteiger partial charge in [-0.15, -0.1) is 0 Å². The molecule has 0 aliphatic heterocycles. The standard InChI is InChI=1S/C18H11ClF4O3/c19-14-6-11(18(21,22)23)7-15(20)17(14)26-12-4-3-9-1-2-10(5-16(24)25)13(9)8-12/h3-8H,1-2H2,(H,24,25)/b10-5+. The quantitative estimate of drug-likeness (QED) is 0.543. The van der Waals surface area contributed by atoms with E-state index in [-0.39, 0.29) is 5.75 Å². The fraction of sp³-hybridized carbons (Fsp3) is 0.167. The Labute approximate surface area is 150 Å². The van der Waals surface area contributed by atoms with Gasteiger partial charge in [-0.05, 0) is 53.8 Å². The molecule has 2 aromatic rings. The van der Waals surface area contributed by atoms with Crippen LogP contribution in [0.15, 0.2) is 36.4 Å². The van der Waals surface area contributed by atoms with Crippen LogP contribution in [-0.2, 0) is 17.4 Å². The molecule has 0 amide bonds. The molecule has 0 spiro atoms. The van der Waals surface area contributed by atoms with Gasteiger partial charge in [0.2, 0.25) is 0 Å². The molecule has 0 aromatic heterocycles. The average molecular weight is 387 g/mol. The molecule has 0 bridgehead atoms. The summed E-state index contributed by atoms with van der Waals surface area (Å²) in [5, 5.41) is 8.39. The number of alkyl halides is 3. The van der Waals surface area contributed by atoms with Crippen LogP contribution in [0.25, 0.3) is 5.57 Å². The topological polar surface area (TPSA) is 46.5 Å². The number of ether oxygens (including phenoxy) is 1. The lowest BCUT2D eigenvalue weighted by Gasteiger charge is -2.13. The number of aliphatic carboxylic acids is 1. The van der Waals surface area contributed by atoms with Crippen molar-refractivity contribution in [3.63, 3.8) is 0 Å². The number of allylic oxidation sites excluding steroid dienone is 1. The minimum Gasteiger partial charge on any atom is -0.478 e. The number of halogens is 5. The van der Waals surface area contributed by atoms with Crippen LogP contribution in [0.3, 0.4) is 0 Å². The second-order valence-corrected chi connectivity index (χ2v) is 6.10. The lowest BCUT2D eigenvalue weighted by atomic mass is 10.1. The van der Waals surface area contributed by atoms with Crippen molar-refractivity contribution in [2.75, 3.05) is 0 Å². The first kappa shape index (κ1) is 18.3. The molecule has 26 heavy (non-hydrogen) atoms. The van der Waals surface area contributed by atoms with E-state index in [0.717, 1.165) is 11.6 Å². The Balaban J connectivity index is 1.95. The summed E-state index contributed by atoms with van der Waals surface area (Å²) in [7, 11) is 0. The van der Waals surface area contributed by atoms with Gasteiger partial charge in [0.25, 0.3) is 0 Å². The lowest BCUT2D eigenvalue weighted by molar-refractivity contribution is -0.137. The van der Waals surface area contributed by atoms with Crippen LogP contribution in [0.1, 0.15) is 23.1 Å². The molecule has 1 aliphatic carbocycles. The fourth-order valence-corrected chi connectivity index (χ4v) is 3.02. The van der Waals surface area contributed by atoms with Crippen LogP contribution in [-0.4, -0.2) is 11.1 Å². The molecule has 0 fully saturated rings. The van der Waals surface area contributed by atoms with E-state index < -0.39 is 34.3 Å². The minimum atomic E-state index is -4.73. The zero-order chi connectivity index (χ0) is 19.1. The van der Waals surface area contributed by atoms with Gasteiger partial charge in [-0.2, -0.15) is 13.2 Å². The molecule has 136 valence electrons. The van der Waals surface area contributed by atoms with Crippen molar-refractivity contribution in [1.82, 2.24) is 0 Å². The Morgan fingerprint density at radius 2 is 1.92 bits per heavy atom. The largest absolute Gasteiger partial charge is 0.478 e. The van der Waals surface area contributed by atoms with E-state index in [9.17, 15) is 22.4 Å². The maximum absolute atomic E-state index is 14.1. The van der Waals surface area contributed by atoms with Crippen molar-refractivity contribution in [3.05, 3.63) is 63.9 Å². The summed E-state index contributed by atoms with van der Waals surface area (Å²) in [5.74, 6) is -2.72. The number of benzene rings is 2. The molecule has 3 nitrogen and oxygen atoms in total. The van der Waals surface area contributed by atoms with Gasteiger partial charge < -0.3 is 9.84 Å². The van der Waals surface area contributed by atoms with Crippen LogP contribution in [0.5, 0.6) is 11.5 Å². The van der Waals surface area contributed by atoms with Gasteiger partial charge in [0.05, 0.1) is 10.6 Å². The highest BCUT2D eigenvalue weighted by molar-refractivity contribution is 6.32. The van der Waals surface area contributed by atoms with E-state index in [2.05, 4.69) is 0 Å². The fourth-order valence-electron chi connectivity index (χ4n) is 2.78. The number of aryl methyl sites for hydroxylation is 1. The van der Waals surface area contributed by atoms with Crippen molar-refractivity contribution in [3.8, 4) is 11.5 Å². The van der Waals surface area contributed by atoms with E-state index in [4.69, 9.17) is 21.4 Å². The molecule has 2 aromatic carbocycles.